The third-order valence-corrected chi connectivity index (χ3v) is 5.08. The number of H-pyrrole nitrogens is 1. The van der Waals surface area contributed by atoms with Crippen molar-refractivity contribution in [2.45, 2.75) is 57.1 Å². The maximum atomic E-state index is 12.5. The Kier molecular flexibility index (Phi) is 4.24. The summed E-state index contributed by atoms with van der Waals surface area (Å²) in [5.41, 5.74) is 2.86. The van der Waals surface area contributed by atoms with Crippen molar-refractivity contribution in [2.75, 3.05) is 0 Å². The monoisotopic (exact) mass is 325 g/mol. The van der Waals surface area contributed by atoms with E-state index >= 15 is 0 Å². The number of nitrogens with one attached hydrogen (secondary N) is 2. The molecule has 0 spiro atoms. The molecule has 2 aliphatic rings. The average molecular weight is 325 g/mol. The van der Waals surface area contributed by atoms with E-state index in [1.807, 2.05) is 30.3 Å². The molecule has 2 aliphatic carbocycles. The van der Waals surface area contributed by atoms with Gasteiger partial charge in [0.25, 0.3) is 5.91 Å². The van der Waals surface area contributed by atoms with Crippen LogP contribution in [0.2, 0.25) is 0 Å². The first-order valence-electron chi connectivity index (χ1n) is 8.88. The van der Waals surface area contributed by atoms with Crippen LogP contribution >= 0.6 is 0 Å². The van der Waals surface area contributed by atoms with Crippen molar-refractivity contribution in [2.24, 2.45) is 0 Å². The first-order chi connectivity index (χ1) is 11.8. The topological polar surface area (TPSA) is 67.0 Å². The van der Waals surface area contributed by atoms with Gasteiger partial charge in [0.1, 0.15) is 5.75 Å². The number of aryl methyl sites for hydroxylation is 1. The number of rotatable bonds is 4. The molecule has 0 bridgehead atoms. The summed E-state index contributed by atoms with van der Waals surface area (Å²) in [6, 6.07) is 10.2. The number of amides is 1. The largest absolute Gasteiger partial charge is 0.490 e. The van der Waals surface area contributed by atoms with Gasteiger partial charge in [-0.05, 0) is 57.1 Å². The summed E-state index contributed by atoms with van der Waals surface area (Å²) in [6.45, 7) is 0. The zero-order chi connectivity index (χ0) is 16.4. The van der Waals surface area contributed by atoms with Gasteiger partial charge in [0.15, 0.2) is 5.69 Å². The van der Waals surface area contributed by atoms with Gasteiger partial charge in [-0.25, -0.2) is 0 Å². The Morgan fingerprint density at radius 2 is 1.92 bits per heavy atom. The fourth-order valence-corrected chi connectivity index (χ4v) is 3.78. The summed E-state index contributed by atoms with van der Waals surface area (Å²) in [7, 11) is 0. The van der Waals surface area contributed by atoms with Crippen LogP contribution in [0.3, 0.4) is 0 Å². The smallest absolute Gasteiger partial charge is 0.272 e. The molecule has 1 aromatic carbocycles. The minimum Gasteiger partial charge on any atom is -0.490 e. The van der Waals surface area contributed by atoms with Crippen LogP contribution < -0.4 is 10.1 Å². The van der Waals surface area contributed by atoms with Gasteiger partial charge in [0.2, 0.25) is 0 Å². The van der Waals surface area contributed by atoms with Crippen molar-refractivity contribution in [3.63, 3.8) is 0 Å². The molecule has 2 N–H and O–H groups in total. The fourth-order valence-electron chi connectivity index (χ4n) is 3.78. The van der Waals surface area contributed by atoms with Crippen LogP contribution in [0.15, 0.2) is 30.3 Å². The standard InChI is InChI=1S/C19H23N3O2/c23-19(18-16-7-4-8-17(16)21-22-18)20-13-9-11-15(12-10-13)24-14-5-2-1-3-6-14/h1-3,5-6,13,15H,4,7-12H2,(H,20,23)(H,21,22). The second kappa shape index (κ2) is 6.67. The maximum absolute atomic E-state index is 12.5. The Morgan fingerprint density at radius 3 is 2.71 bits per heavy atom. The van der Waals surface area contributed by atoms with Gasteiger partial charge < -0.3 is 10.1 Å². The molecule has 1 amide bonds. The summed E-state index contributed by atoms with van der Waals surface area (Å²) in [5, 5.41) is 10.4. The Hall–Kier alpha value is -2.30. The van der Waals surface area contributed by atoms with Crippen LogP contribution in [0.4, 0.5) is 0 Å². The van der Waals surface area contributed by atoms with Crippen molar-refractivity contribution in [3.05, 3.63) is 47.3 Å². The van der Waals surface area contributed by atoms with Crippen LogP contribution in [-0.2, 0) is 12.8 Å². The normalized spacial score (nSPS) is 22.8. The number of benzene rings is 1. The number of nitrogens with zero attached hydrogens (tertiary/aromatic N) is 1. The highest BCUT2D eigenvalue weighted by Crippen LogP contribution is 2.25. The summed E-state index contributed by atoms with van der Waals surface area (Å²) in [4.78, 5) is 12.5. The van der Waals surface area contributed by atoms with Crippen molar-refractivity contribution in [1.82, 2.24) is 15.5 Å². The lowest BCUT2D eigenvalue weighted by Gasteiger charge is -2.29. The number of para-hydroxylation sites is 1. The van der Waals surface area contributed by atoms with Crippen LogP contribution in [-0.4, -0.2) is 28.3 Å². The molecule has 24 heavy (non-hydrogen) atoms. The van der Waals surface area contributed by atoms with E-state index in [1.165, 1.54) is 0 Å². The van der Waals surface area contributed by atoms with Crippen LogP contribution in [0.5, 0.6) is 5.75 Å². The molecule has 0 saturated heterocycles. The van der Waals surface area contributed by atoms with Gasteiger partial charge in [-0.2, -0.15) is 5.10 Å². The molecule has 1 fully saturated rings. The summed E-state index contributed by atoms with van der Waals surface area (Å²) < 4.78 is 6.01. The Labute approximate surface area is 141 Å². The zero-order valence-corrected chi connectivity index (χ0v) is 13.8. The average Bonchev–Trinajstić information content (AvgIpc) is 3.21. The second-order valence-electron chi connectivity index (χ2n) is 6.76. The minimum absolute atomic E-state index is 0.0261. The lowest BCUT2D eigenvalue weighted by Crippen LogP contribution is -2.40. The predicted molar refractivity (Wildman–Crippen MR) is 91.2 cm³/mol. The molecule has 0 atom stereocenters. The van der Waals surface area contributed by atoms with Crippen LogP contribution in [0.25, 0.3) is 0 Å². The summed E-state index contributed by atoms with van der Waals surface area (Å²) in [6.07, 6.45) is 7.19. The van der Waals surface area contributed by atoms with E-state index in [0.29, 0.717) is 5.69 Å². The van der Waals surface area contributed by atoms with Crippen molar-refractivity contribution in [3.8, 4) is 5.75 Å². The fraction of sp³-hybridized carbons (Fsp3) is 0.474. The Morgan fingerprint density at radius 1 is 1.12 bits per heavy atom. The van der Waals surface area contributed by atoms with Crippen molar-refractivity contribution < 1.29 is 9.53 Å². The number of hydrogen-bond donors (Lipinski definition) is 2. The van der Waals surface area contributed by atoms with Crippen molar-refractivity contribution in [1.29, 1.82) is 0 Å². The lowest BCUT2D eigenvalue weighted by atomic mass is 9.92. The molecule has 126 valence electrons. The molecule has 0 radical (unpaired) electrons. The van der Waals surface area contributed by atoms with E-state index in [4.69, 9.17) is 4.74 Å². The number of hydrogen-bond acceptors (Lipinski definition) is 3. The molecule has 2 aromatic rings. The summed E-state index contributed by atoms with van der Waals surface area (Å²) in [5.74, 6) is 0.902. The number of fused-ring (bicyclic) bond motifs is 1. The Bertz CT molecular complexity index is 703. The summed E-state index contributed by atoms with van der Waals surface area (Å²) >= 11 is 0. The quantitative estimate of drug-likeness (QED) is 0.908. The van der Waals surface area contributed by atoms with Crippen LogP contribution in [0.1, 0.15) is 53.8 Å². The number of aromatic amines is 1. The molecule has 0 aliphatic heterocycles. The number of aromatic nitrogens is 2. The molecule has 1 aromatic heterocycles. The van der Waals surface area contributed by atoms with E-state index in [9.17, 15) is 4.79 Å². The second-order valence-corrected chi connectivity index (χ2v) is 6.76. The molecule has 5 nitrogen and oxygen atoms in total. The number of carbonyl (C=O) groups is 1. The van der Waals surface area contributed by atoms with Gasteiger partial charge in [0.05, 0.1) is 6.10 Å². The molecule has 1 saturated carbocycles. The van der Waals surface area contributed by atoms with Gasteiger partial charge in [-0.3, -0.25) is 9.89 Å². The number of ether oxygens (including phenoxy) is 1. The van der Waals surface area contributed by atoms with E-state index in [-0.39, 0.29) is 18.1 Å². The van der Waals surface area contributed by atoms with E-state index in [0.717, 1.165) is 62.0 Å². The van der Waals surface area contributed by atoms with E-state index in [2.05, 4.69) is 15.5 Å². The first-order valence-corrected chi connectivity index (χ1v) is 8.88. The van der Waals surface area contributed by atoms with Gasteiger partial charge >= 0.3 is 0 Å². The first kappa shape index (κ1) is 15.2. The highest BCUT2D eigenvalue weighted by Gasteiger charge is 2.27. The molecule has 0 unspecified atom stereocenters. The maximum Gasteiger partial charge on any atom is 0.272 e. The third-order valence-electron chi connectivity index (χ3n) is 5.08. The molecular weight excluding hydrogens is 302 g/mol. The predicted octanol–water partition coefficient (Wildman–Crippen LogP) is 3.02. The molecule has 5 heteroatoms. The van der Waals surface area contributed by atoms with Gasteiger partial charge in [-0.15, -0.1) is 0 Å². The van der Waals surface area contributed by atoms with E-state index < -0.39 is 0 Å². The van der Waals surface area contributed by atoms with Crippen molar-refractivity contribution >= 4 is 5.91 Å². The van der Waals surface area contributed by atoms with E-state index in [1.54, 1.807) is 0 Å². The molecule has 1 heterocycles. The number of carbonyl (C=O) groups excluding carboxylic acids is 1. The minimum atomic E-state index is -0.0261. The highest BCUT2D eigenvalue weighted by molar-refractivity contribution is 5.94. The molecular formula is C19H23N3O2. The SMILES string of the molecule is O=C(NC1CCC(Oc2ccccc2)CC1)c1n[nH]c2c1CCC2. The molecule has 4 rings (SSSR count). The lowest BCUT2D eigenvalue weighted by molar-refractivity contribution is 0.0888. The zero-order valence-electron chi connectivity index (χ0n) is 13.8. The Balaban J connectivity index is 1.29. The highest BCUT2D eigenvalue weighted by atomic mass is 16.5. The third kappa shape index (κ3) is 3.16. The van der Waals surface area contributed by atoms with Gasteiger partial charge in [-0.1, -0.05) is 18.2 Å². The van der Waals surface area contributed by atoms with Gasteiger partial charge in [0, 0.05) is 17.3 Å². The van der Waals surface area contributed by atoms with Crippen LogP contribution in [0, 0.1) is 0 Å².